The van der Waals surface area contributed by atoms with Gasteiger partial charge in [0.2, 0.25) is 11.8 Å². The zero-order valence-electron chi connectivity index (χ0n) is 15.9. The molecule has 2 aromatic rings. The molecular weight excluding hydrogens is 340 g/mol. The van der Waals surface area contributed by atoms with Gasteiger partial charge in [-0.05, 0) is 31.9 Å². The van der Waals surface area contributed by atoms with Gasteiger partial charge in [-0.2, -0.15) is 5.10 Å². The Kier molecular flexibility index (Phi) is 6.63. The molecule has 27 heavy (non-hydrogen) atoms. The van der Waals surface area contributed by atoms with E-state index in [9.17, 15) is 9.59 Å². The zero-order chi connectivity index (χ0) is 19.1. The van der Waals surface area contributed by atoms with Crippen molar-refractivity contribution in [3.63, 3.8) is 0 Å². The van der Waals surface area contributed by atoms with Crippen molar-refractivity contribution in [1.29, 1.82) is 0 Å². The molecule has 1 atom stereocenters. The molecule has 0 saturated carbocycles. The van der Waals surface area contributed by atoms with Crippen molar-refractivity contribution in [2.45, 2.75) is 51.5 Å². The van der Waals surface area contributed by atoms with Gasteiger partial charge in [0.15, 0.2) is 0 Å². The van der Waals surface area contributed by atoms with E-state index in [2.05, 4.69) is 10.4 Å². The molecule has 6 nitrogen and oxygen atoms in total. The van der Waals surface area contributed by atoms with Crippen molar-refractivity contribution >= 4 is 11.8 Å². The SMILES string of the molecule is C[C@H](NC(=O)CCC(=O)N1CCCCCC1)c1cnn(-c2ccccc2)c1. The van der Waals surface area contributed by atoms with Gasteiger partial charge in [0.05, 0.1) is 17.9 Å². The second-order valence-electron chi connectivity index (χ2n) is 7.14. The summed E-state index contributed by atoms with van der Waals surface area (Å²) in [7, 11) is 0. The Bertz CT molecular complexity index is 749. The molecule has 0 radical (unpaired) electrons. The summed E-state index contributed by atoms with van der Waals surface area (Å²) in [4.78, 5) is 26.5. The third-order valence-electron chi connectivity index (χ3n) is 5.03. The number of hydrogen-bond acceptors (Lipinski definition) is 3. The fourth-order valence-corrected chi connectivity index (χ4v) is 3.38. The predicted octanol–water partition coefficient (Wildman–Crippen LogP) is 3.23. The highest BCUT2D eigenvalue weighted by atomic mass is 16.2. The van der Waals surface area contributed by atoms with Gasteiger partial charge < -0.3 is 10.2 Å². The van der Waals surface area contributed by atoms with E-state index in [0.717, 1.165) is 37.2 Å². The topological polar surface area (TPSA) is 67.2 Å². The van der Waals surface area contributed by atoms with Crippen LogP contribution < -0.4 is 5.32 Å². The molecule has 6 heteroatoms. The van der Waals surface area contributed by atoms with Crippen molar-refractivity contribution in [1.82, 2.24) is 20.0 Å². The molecule has 2 heterocycles. The van der Waals surface area contributed by atoms with Crippen molar-refractivity contribution < 1.29 is 9.59 Å². The highest BCUT2D eigenvalue weighted by molar-refractivity contribution is 5.84. The van der Waals surface area contributed by atoms with E-state index >= 15 is 0 Å². The Morgan fingerprint density at radius 3 is 2.48 bits per heavy atom. The smallest absolute Gasteiger partial charge is 0.223 e. The minimum atomic E-state index is -0.150. The van der Waals surface area contributed by atoms with E-state index in [1.54, 1.807) is 10.9 Å². The van der Waals surface area contributed by atoms with Gasteiger partial charge in [-0.15, -0.1) is 0 Å². The molecule has 0 spiro atoms. The molecule has 144 valence electrons. The largest absolute Gasteiger partial charge is 0.349 e. The van der Waals surface area contributed by atoms with E-state index in [0.29, 0.717) is 0 Å². The van der Waals surface area contributed by atoms with Gasteiger partial charge in [-0.1, -0.05) is 31.0 Å². The summed E-state index contributed by atoms with van der Waals surface area (Å²) in [6.07, 6.45) is 8.72. The Balaban J connectivity index is 1.47. The fourth-order valence-electron chi connectivity index (χ4n) is 3.38. The van der Waals surface area contributed by atoms with Gasteiger partial charge in [-0.25, -0.2) is 4.68 Å². The van der Waals surface area contributed by atoms with Gasteiger partial charge >= 0.3 is 0 Å². The van der Waals surface area contributed by atoms with Crippen LogP contribution in [0.3, 0.4) is 0 Å². The van der Waals surface area contributed by atoms with Crippen LogP contribution in [0.2, 0.25) is 0 Å². The maximum absolute atomic E-state index is 12.3. The number of amides is 2. The molecule has 1 aromatic heterocycles. The number of likely N-dealkylation sites (tertiary alicyclic amines) is 1. The summed E-state index contributed by atoms with van der Waals surface area (Å²) in [6.45, 7) is 3.59. The van der Waals surface area contributed by atoms with Crippen LogP contribution in [-0.2, 0) is 9.59 Å². The van der Waals surface area contributed by atoms with Crippen LogP contribution in [0.25, 0.3) is 5.69 Å². The number of nitrogens with zero attached hydrogens (tertiary/aromatic N) is 3. The van der Waals surface area contributed by atoms with Crippen LogP contribution >= 0.6 is 0 Å². The second-order valence-corrected chi connectivity index (χ2v) is 7.14. The number of carbonyl (C=O) groups is 2. The van der Waals surface area contributed by atoms with Gasteiger partial charge in [0, 0.05) is 37.7 Å². The van der Waals surface area contributed by atoms with Crippen molar-refractivity contribution in [3.05, 3.63) is 48.3 Å². The minimum absolute atomic E-state index is 0.0941. The first-order valence-electron chi connectivity index (χ1n) is 9.80. The van der Waals surface area contributed by atoms with Crippen LogP contribution in [0.5, 0.6) is 0 Å². The lowest BCUT2D eigenvalue weighted by Gasteiger charge is -2.20. The predicted molar refractivity (Wildman–Crippen MR) is 104 cm³/mol. The average Bonchev–Trinajstić information content (AvgIpc) is 3.03. The van der Waals surface area contributed by atoms with E-state index in [1.807, 2.05) is 48.4 Å². The highest BCUT2D eigenvalue weighted by Gasteiger charge is 2.18. The van der Waals surface area contributed by atoms with Crippen LogP contribution in [-0.4, -0.2) is 39.6 Å². The average molecular weight is 368 g/mol. The quantitative estimate of drug-likeness (QED) is 0.851. The normalized spacial score (nSPS) is 15.8. The molecular formula is C21H28N4O2. The van der Waals surface area contributed by atoms with Crippen LogP contribution in [0.1, 0.15) is 57.1 Å². The highest BCUT2D eigenvalue weighted by Crippen LogP contribution is 2.15. The third-order valence-corrected chi connectivity index (χ3v) is 5.03. The Labute approximate surface area is 160 Å². The number of carbonyl (C=O) groups excluding carboxylic acids is 2. The number of rotatable bonds is 6. The Morgan fingerprint density at radius 2 is 1.78 bits per heavy atom. The number of hydrogen-bond donors (Lipinski definition) is 1. The lowest BCUT2D eigenvalue weighted by Crippen LogP contribution is -2.33. The summed E-state index contributed by atoms with van der Waals surface area (Å²) >= 11 is 0. The summed E-state index contributed by atoms with van der Waals surface area (Å²) in [5.41, 5.74) is 1.91. The van der Waals surface area contributed by atoms with E-state index in [1.165, 1.54) is 12.8 Å². The fraction of sp³-hybridized carbons (Fsp3) is 0.476. The third kappa shape index (κ3) is 5.42. The van der Waals surface area contributed by atoms with E-state index in [-0.39, 0.29) is 30.7 Å². The maximum atomic E-state index is 12.3. The van der Waals surface area contributed by atoms with E-state index in [4.69, 9.17) is 0 Å². The monoisotopic (exact) mass is 368 g/mol. The van der Waals surface area contributed by atoms with Crippen LogP contribution in [0.15, 0.2) is 42.7 Å². The summed E-state index contributed by atoms with van der Waals surface area (Å²) in [6, 6.07) is 9.70. The molecule has 1 fully saturated rings. The van der Waals surface area contributed by atoms with Gasteiger partial charge in [-0.3, -0.25) is 9.59 Å². The Hall–Kier alpha value is -2.63. The van der Waals surface area contributed by atoms with Gasteiger partial charge in [0.1, 0.15) is 0 Å². The summed E-state index contributed by atoms with van der Waals surface area (Å²) < 4.78 is 1.79. The number of para-hydroxylation sites is 1. The first kappa shape index (κ1) is 19.1. The lowest BCUT2D eigenvalue weighted by molar-refractivity contribution is -0.133. The van der Waals surface area contributed by atoms with E-state index < -0.39 is 0 Å². The molecule has 1 aliphatic heterocycles. The molecule has 3 rings (SSSR count). The van der Waals surface area contributed by atoms with Crippen LogP contribution in [0, 0.1) is 0 Å². The molecule has 0 bridgehead atoms. The first-order valence-corrected chi connectivity index (χ1v) is 9.80. The Morgan fingerprint density at radius 1 is 1.07 bits per heavy atom. The lowest BCUT2D eigenvalue weighted by atomic mass is 10.1. The summed E-state index contributed by atoms with van der Waals surface area (Å²) in [5.74, 6) is -0.00488. The number of aromatic nitrogens is 2. The molecule has 0 unspecified atom stereocenters. The zero-order valence-corrected chi connectivity index (χ0v) is 15.9. The molecule has 1 saturated heterocycles. The number of benzene rings is 1. The maximum Gasteiger partial charge on any atom is 0.223 e. The first-order chi connectivity index (χ1) is 13.1. The molecule has 1 N–H and O–H groups in total. The van der Waals surface area contributed by atoms with Crippen molar-refractivity contribution in [3.8, 4) is 5.69 Å². The summed E-state index contributed by atoms with van der Waals surface area (Å²) in [5, 5.41) is 7.33. The minimum Gasteiger partial charge on any atom is -0.349 e. The molecule has 0 aliphatic carbocycles. The second kappa shape index (κ2) is 9.35. The molecule has 1 aromatic carbocycles. The standard InChI is InChI=1S/C21H28N4O2/c1-17(18-15-22-25(16-18)19-9-5-4-6-10-19)23-20(26)11-12-21(27)24-13-7-2-3-8-14-24/h4-6,9-10,15-17H,2-3,7-8,11-14H2,1H3,(H,23,26)/t17-/m0/s1. The van der Waals surface area contributed by atoms with Gasteiger partial charge in [0.25, 0.3) is 0 Å². The van der Waals surface area contributed by atoms with Crippen molar-refractivity contribution in [2.75, 3.05) is 13.1 Å². The molecule has 1 aliphatic rings. The van der Waals surface area contributed by atoms with Crippen molar-refractivity contribution in [2.24, 2.45) is 0 Å². The number of nitrogens with one attached hydrogen (secondary N) is 1. The molecule has 2 amide bonds. The van der Waals surface area contributed by atoms with Crippen LogP contribution in [0.4, 0.5) is 0 Å².